The van der Waals surface area contributed by atoms with Gasteiger partial charge in [-0.25, -0.2) is 17.7 Å². The van der Waals surface area contributed by atoms with Crippen LogP contribution in [0.1, 0.15) is 13.3 Å². The Balaban J connectivity index is 1.67. The zero-order valence-corrected chi connectivity index (χ0v) is 19.6. The SMILES string of the molecule is CC(C(=O)Nc1ccc(Cl)c(S(=O)(=O)N(C)C)c1)N1CCCN(c2nccs2)CC1. The van der Waals surface area contributed by atoms with Gasteiger partial charge in [-0.2, -0.15) is 0 Å². The fourth-order valence-electron chi connectivity index (χ4n) is 3.28. The van der Waals surface area contributed by atoms with Gasteiger partial charge < -0.3 is 10.2 Å². The molecule has 0 bridgehead atoms. The molecule has 1 amide bonds. The van der Waals surface area contributed by atoms with Crippen LogP contribution in [0.4, 0.5) is 10.8 Å². The summed E-state index contributed by atoms with van der Waals surface area (Å²) in [6.07, 6.45) is 2.74. The van der Waals surface area contributed by atoms with Crippen LogP contribution in [0.15, 0.2) is 34.7 Å². The zero-order chi connectivity index (χ0) is 21.9. The fraction of sp³-hybridized carbons (Fsp3) is 0.474. The molecule has 2 heterocycles. The lowest BCUT2D eigenvalue weighted by Gasteiger charge is -2.27. The minimum absolute atomic E-state index is 0.0338. The number of thiazole rings is 1. The van der Waals surface area contributed by atoms with Crippen molar-refractivity contribution in [2.24, 2.45) is 0 Å². The van der Waals surface area contributed by atoms with Crippen molar-refractivity contribution in [2.75, 3.05) is 50.5 Å². The van der Waals surface area contributed by atoms with Crippen LogP contribution in [-0.2, 0) is 14.8 Å². The van der Waals surface area contributed by atoms with Gasteiger partial charge in [0.05, 0.1) is 11.1 Å². The van der Waals surface area contributed by atoms with Crippen LogP contribution in [0.5, 0.6) is 0 Å². The third-order valence-electron chi connectivity index (χ3n) is 5.10. The van der Waals surface area contributed by atoms with E-state index in [1.807, 2.05) is 12.3 Å². The summed E-state index contributed by atoms with van der Waals surface area (Å²) in [5.74, 6) is -0.187. The summed E-state index contributed by atoms with van der Waals surface area (Å²) in [6, 6.07) is 4.13. The van der Waals surface area contributed by atoms with Gasteiger partial charge in [0, 0.05) is 57.5 Å². The largest absolute Gasteiger partial charge is 0.347 e. The van der Waals surface area contributed by atoms with Crippen molar-refractivity contribution in [3.63, 3.8) is 0 Å². The normalized spacial score (nSPS) is 17.0. The molecule has 0 radical (unpaired) electrons. The maximum atomic E-state index is 12.8. The number of halogens is 1. The molecule has 11 heteroatoms. The Bertz CT molecular complexity index is 982. The molecule has 1 aromatic heterocycles. The second-order valence-electron chi connectivity index (χ2n) is 7.29. The van der Waals surface area contributed by atoms with Crippen LogP contribution in [0.25, 0.3) is 0 Å². The van der Waals surface area contributed by atoms with Crippen molar-refractivity contribution in [1.82, 2.24) is 14.2 Å². The smallest absolute Gasteiger partial charge is 0.244 e. The highest BCUT2D eigenvalue weighted by atomic mass is 35.5. The monoisotopic (exact) mass is 471 g/mol. The maximum Gasteiger partial charge on any atom is 0.244 e. The molecule has 0 aliphatic carbocycles. The lowest BCUT2D eigenvalue weighted by molar-refractivity contribution is -0.120. The first-order valence-corrected chi connectivity index (χ1v) is 12.3. The summed E-state index contributed by atoms with van der Waals surface area (Å²) in [6.45, 7) is 5.12. The van der Waals surface area contributed by atoms with Crippen LogP contribution in [-0.4, -0.2) is 74.8 Å². The van der Waals surface area contributed by atoms with Gasteiger partial charge in [0.2, 0.25) is 15.9 Å². The van der Waals surface area contributed by atoms with Gasteiger partial charge in [0.15, 0.2) is 5.13 Å². The molecule has 0 spiro atoms. The van der Waals surface area contributed by atoms with E-state index in [-0.39, 0.29) is 21.9 Å². The van der Waals surface area contributed by atoms with Crippen molar-refractivity contribution in [1.29, 1.82) is 0 Å². The number of benzene rings is 1. The average molecular weight is 472 g/mol. The molecule has 1 aromatic carbocycles. The predicted octanol–water partition coefficient (Wildman–Crippen LogP) is 2.59. The Kier molecular flexibility index (Phi) is 7.35. The van der Waals surface area contributed by atoms with Crippen LogP contribution >= 0.6 is 22.9 Å². The number of nitrogens with one attached hydrogen (secondary N) is 1. The van der Waals surface area contributed by atoms with Gasteiger partial charge in [-0.1, -0.05) is 11.6 Å². The first kappa shape index (κ1) is 23.0. The molecule has 30 heavy (non-hydrogen) atoms. The number of anilines is 2. The summed E-state index contributed by atoms with van der Waals surface area (Å²) < 4.78 is 26.0. The highest BCUT2D eigenvalue weighted by Gasteiger charge is 2.26. The average Bonchev–Trinajstić information content (AvgIpc) is 3.13. The summed E-state index contributed by atoms with van der Waals surface area (Å²) in [7, 11) is -0.834. The fourth-order valence-corrected chi connectivity index (χ4v) is 5.37. The minimum Gasteiger partial charge on any atom is -0.347 e. The number of carbonyl (C=O) groups is 1. The van der Waals surface area contributed by atoms with E-state index in [0.29, 0.717) is 5.69 Å². The molecule has 1 atom stereocenters. The first-order chi connectivity index (χ1) is 14.2. The molecular formula is C19H26ClN5O3S2. The number of hydrogen-bond donors (Lipinski definition) is 1. The molecule has 1 fully saturated rings. The van der Waals surface area contributed by atoms with Crippen molar-refractivity contribution >= 4 is 49.7 Å². The molecule has 2 aromatic rings. The number of rotatable bonds is 6. The summed E-state index contributed by atoms with van der Waals surface area (Å²) in [4.78, 5) is 21.6. The summed E-state index contributed by atoms with van der Waals surface area (Å²) in [5, 5.41) is 5.91. The van der Waals surface area contributed by atoms with Crippen molar-refractivity contribution in [3.8, 4) is 0 Å². The van der Waals surface area contributed by atoms with Gasteiger partial charge in [-0.15, -0.1) is 11.3 Å². The Labute approximate surface area is 186 Å². The van der Waals surface area contributed by atoms with E-state index in [4.69, 9.17) is 11.6 Å². The second kappa shape index (κ2) is 9.61. The lowest BCUT2D eigenvalue weighted by atomic mass is 10.2. The lowest BCUT2D eigenvalue weighted by Crippen LogP contribution is -2.44. The van der Waals surface area contributed by atoms with Crippen molar-refractivity contribution < 1.29 is 13.2 Å². The van der Waals surface area contributed by atoms with Gasteiger partial charge in [-0.05, 0) is 31.5 Å². The van der Waals surface area contributed by atoms with E-state index in [1.54, 1.807) is 23.6 Å². The molecule has 164 valence electrons. The van der Waals surface area contributed by atoms with E-state index in [9.17, 15) is 13.2 Å². The van der Waals surface area contributed by atoms with E-state index in [1.165, 1.54) is 26.2 Å². The van der Waals surface area contributed by atoms with E-state index < -0.39 is 10.0 Å². The Morgan fingerprint density at radius 1 is 1.27 bits per heavy atom. The molecule has 8 nitrogen and oxygen atoms in total. The Hall–Kier alpha value is -1.72. The van der Waals surface area contributed by atoms with Gasteiger partial charge in [0.25, 0.3) is 0 Å². The highest BCUT2D eigenvalue weighted by Crippen LogP contribution is 2.27. The van der Waals surface area contributed by atoms with E-state index in [0.717, 1.165) is 42.0 Å². The number of sulfonamides is 1. The van der Waals surface area contributed by atoms with E-state index in [2.05, 4.69) is 20.1 Å². The quantitative estimate of drug-likeness (QED) is 0.696. The maximum absolute atomic E-state index is 12.8. The zero-order valence-electron chi connectivity index (χ0n) is 17.2. The number of carbonyl (C=O) groups excluding carboxylic acids is 1. The molecule has 0 saturated carbocycles. The molecule has 1 aliphatic rings. The second-order valence-corrected chi connectivity index (χ2v) is 10.7. The molecule has 3 rings (SSSR count). The Morgan fingerprint density at radius 3 is 2.70 bits per heavy atom. The topological polar surface area (TPSA) is 85.8 Å². The molecule has 1 unspecified atom stereocenters. The minimum atomic E-state index is -3.71. The molecule has 1 N–H and O–H groups in total. The van der Waals surface area contributed by atoms with Gasteiger partial charge in [-0.3, -0.25) is 9.69 Å². The standard InChI is InChI=1S/C19H26ClN5O3S2/c1-14(24-8-4-9-25(11-10-24)19-21-7-12-29-19)18(26)22-15-5-6-16(20)17(13-15)30(27,28)23(2)3/h5-7,12-14H,4,8-11H2,1-3H3,(H,22,26). The number of amides is 1. The molecule has 1 saturated heterocycles. The van der Waals surface area contributed by atoms with Gasteiger partial charge in [0.1, 0.15) is 4.90 Å². The van der Waals surface area contributed by atoms with Gasteiger partial charge >= 0.3 is 0 Å². The molecule has 1 aliphatic heterocycles. The third kappa shape index (κ3) is 5.12. The molecular weight excluding hydrogens is 446 g/mol. The highest BCUT2D eigenvalue weighted by molar-refractivity contribution is 7.89. The van der Waals surface area contributed by atoms with Crippen LogP contribution in [0, 0.1) is 0 Å². The third-order valence-corrected chi connectivity index (χ3v) is 8.23. The van der Waals surface area contributed by atoms with Crippen molar-refractivity contribution in [3.05, 3.63) is 34.8 Å². The first-order valence-electron chi connectivity index (χ1n) is 9.61. The van der Waals surface area contributed by atoms with Crippen LogP contribution in [0.2, 0.25) is 5.02 Å². The number of hydrogen-bond acceptors (Lipinski definition) is 7. The summed E-state index contributed by atoms with van der Waals surface area (Å²) >= 11 is 7.70. The van der Waals surface area contributed by atoms with E-state index >= 15 is 0 Å². The van der Waals surface area contributed by atoms with Crippen LogP contribution in [0.3, 0.4) is 0 Å². The predicted molar refractivity (Wildman–Crippen MR) is 121 cm³/mol. The number of nitrogens with zero attached hydrogens (tertiary/aromatic N) is 4. The summed E-state index contributed by atoms with van der Waals surface area (Å²) in [5.41, 5.74) is 0.399. The van der Waals surface area contributed by atoms with Crippen LogP contribution < -0.4 is 10.2 Å². The number of aromatic nitrogens is 1. The Morgan fingerprint density at radius 2 is 2.03 bits per heavy atom. The van der Waals surface area contributed by atoms with Crippen molar-refractivity contribution in [2.45, 2.75) is 24.3 Å².